The summed E-state index contributed by atoms with van der Waals surface area (Å²) in [5.74, 6) is 0.887. The van der Waals surface area contributed by atoms with Crippen LogP contribution in [0.4, 0.5) is 0 Å². The van der Waals surface area contributed by atoms with Crippen LogP contribution in [0.5, 0.6) is 0 Å². The van der Waals surface area contributed by atoms with Crippen molar-refractivity contribution >= 4 is 16.8 Å². The molecule has 1 unspecified atom stereocenters. The minimum atomic E-state index is -0.0895. The zero-order chi connectivity index (χ0) is 18.3. The van der Waals surface area contributed by atoms with Crippen molar-refractivity contribution in [1.82, 2.24) is 24.2 Å². The lowest BCUT2D eigenvalue weighted by atomic mass is 10.1. The molecule has 7 heteroatoms. The van der Waals surface area contributed by atoms with Gasteiger partial charge in [-0.2, -0.15) is 5.10 Å². The number of aryl methyl sites for hydroxylation is 1. The number of imidazole rings is 1. The van der Waals surface area contributed by atoms with E-state index >= 15 is 0 Å². The van der Waals surface area contributed by atoms with Crippen LogP contribution in [0.3, 0.4) is 0 Å². The van der Waals surface area contributed by atoms with E-state index in [0.29, 0.717) is 18.8 Å². The van der Waals surface area contributed by atoms with Gasteiger partial charge in [-0.25, -0.2) is 4.98 Å². The van der Waals surface area contributed by atoms with Crippen molar-refractivity contribution in [3.63, 3.8) is 0 Å². The SMILES string of the molecule is COCCc1cnc2n1CCN(C(=O)c1nn(C)c3ccccc13)C2C. The maximum Gasteiger partial charge on any atom is 0.275 e. The normalized spacial score (nSPS) is 16.9. The number of hydrogen-bond donors (Lipinski definition) is 0. The van der Waals surface area contributed by atoms with Crippen molar-refractivity contribution < 1.29 is 9.53 Å². The largest absolute Gasteiger partial charge is 0.384 e. The standard InChI is InChI=1S/C19H23N5O2/c1-13-18-20-12-14(8-11-26-3)24(18)10-9-23(13)19(25)17-15-6-4-5-7-16(15)22(2)21-17/h4-7,12-13H,8-11H2,1-3H3. The molecule has 3 aromatic rings. The van der Waals surface area contributed by atoms with Crippen LogP contribution in [0, 0.1) is 0 Å². The number of benzene rings is 1. The zero-order valence-electron chi connectivity index (χ0n) is 15.3. The van der Waals surface area contributed by atoms with Gasteiger partial charge in [0.1, 0.15) is 5.82 Å². The number of carbonyl (C=O) groups is 1. The van der Waals surface area contributed by atoms with E-state index in [1.807, 2.05) is 49.3 Å². The molecule has 7 nitrogen and oxygen atoms in total. The van der Waals surface area contributed by atoms with Crippen molar-refractivity contribution in [2.24, 2.45) is 7.05 Å². The molecule has 0 aliphatic carbocycles. The Hall–Kier alpha value is -2.67. The minimum absolute atomic E-state index is 0.0398. The first-order valence-corrected chi connectivity index (χ1v) is 8.87. The molecule has 2 aromatic heterocycles. The van der Waals surface area contributed by atoms with Crippen molar-refractivity contribution in [2.45, 2.75) is 25.9 Å². The molecule has 1 atom stereocenters. The summed E-state index contributed by atoms with van der Waals surface area (Å²) < 4.78 is 9.15. The van der Waals surface area contributed by atoms with Crippen molar-refractivity contribution in [2.75, 3.05) is 20.3 Å². The number of amides is 1. The van der Waals surface area contributed by atoms with Gasteiger partial charge in [0, 0.05) is 50.9 Å². The van der Waals surface area contributed by atoms with Gasteiger partial charge in [-0.15, -0.1) is 0 Å². The van der Waals surface area contributed by atoms with Gasteiger partial charge in [0.2, 0.25) is 0 Å². The number of hydrogen-bond acceptors (Lipinski definition) is 4. The van der Waals surface area contributed by atoms with E-state index in [1.165, 1.54) is 0 Å². The fourth-order valence-electron chi connectivity index (χ4n) is 3.75. The van der Waals surface area contributed by atoms with E-state index in [1.54, 1.807) is 11.8 Å². The number of fused-ring (bicyclic) bond motifs is 2. The van der Waals surface area contributed by atoms with Gasteiger partial charge < -0.3 is 14.2 Å². The van der Waals surface area contributed by atoms with Gasteiger partial charge in [-0.05, 0) is 13.0 Å². The first-order valence-electron chi connectivity index (χ1n) is 8.87. The second-order valence-corrected chi connectivity index (χ2v) is 6.67. The van der Waals surface area contributed by atoms with Crippen LogP contribution in [0.15, 0.2) is 30.5 Å². The highest BCUT2D eigenvalue weighted by molar-refractivity contribution is 6.05. The Morgan fingerprint density at radius 2 is 2.12 bits per heavy atom. The summed E-state index contributed by atoms with van der Waals surface area (Å²) in [4.78, 5) is 19.7. The molecule has 1 amide bonds. The zero-order valence-corrected chi connectivity index (χ0v) is 15.3. The van der Waals surface area contributed by atoms with Crippen LogP contribution in [0.1, 0.15) is 35.0 Å². The van der Waals surface area contributed by atoms with Crippen molar-refractivity contribution in [3.8, 4) is 0 Å². The number of ether oxygens (including phenoxy) is 1. The lowest BCUT2D eigenvalue weighted by Crippen LogP contribution is -2.41. The second kappa shape index (κ2) is 6.57. The fourth-order valence-corrected chi connectivity index (χ4v) is 3.75. The molecule has 0 N–H and O–H groups in total. The van der Waals surface area contributed by atoms with Crippen molar-refractivity contribution in [1.29, 1.82) is 0 Å². The Labute approximate surface area is 152 Å². The Morgan fingerprint density at radius 1 is 1.31 bits per heavy atom. The monoisotopic (exact) mass is 353 g/mol. The first kappa shape index (κ1) is 16.8. The maximum atomic E-state index is 13.2. The fraction of sp³-hybridized carbons (Fsp3) is 0.421. The highest BCUT2D eigenvalue weighted by Gasteiger charge is 2.32. The number of carbonyl (C=O) groups excluding carboxylic acids is 1. The summed E-state index contributed by atoms with van der Waals surface area (Å²) in [6.45, 7) is 4.09. The van der Waals surface area contributed by atoms with Gasteiger partial charge in [-0.3, -0.25) is 9.48 Å². The molecule has 1 aliphatic heterocycles. The molecule has 4 rings (SSSR count). The van der Waals surface area contributed by atoms with Crippen LogP contribution in [-0.2, 0) is 24.8 Å². The van der Waals surface area contributed by atoms with Crippen LogP contribution < -0.4 is 0 Å². The summed E-state index contributed by atoms with van der Waals surface area (Å²) in [7, 11) is 3.57. The molecule has 1 aliphatic rings. The van der Waals surface area contributed by atoms with Gasteiger partial charge in [0.05, 0.1) is 18.2 Å². The summed E-state index contributed by atoms with van der Waals surface area (Å²) >= 11 is 0. The number of rotatable bonds is 4. The smallest absolute Gasteiger partial charge is 0.275 e. The summed E-state index contributed by atoms with van der Waals surface area (Å²) in [6, 6.07) is 7.74. The van der Waals surface area contributed by atoms with Gasteiger partial charge in [0.25, 0.3) is 5.91 Å². The van der Waals surface area contributed by atoms with E-state index in [9.17, 15) is 4.79 Å². The van der Waals surface area contributed by atoms with E-state index in [0.717, 1.165) is 35.4 Å². The molecule has 0 fully saturated rings. The predicted octanol–water partition coefficient (Wildman–Crippen LogP) is 2.18. The van der Waals surface area contributed by atoms with E-state index in [2.05, 4.69) is 14.6 Å². The molecule has 3 heterocycles. The molecule has 0 spiro atoms. The number of nitrogens with zero attached hydrogens (tertiary/aromatic N) is 5. The van der Waals surface area contributed by atoms with Crippen molar-refractivity contribution in [3.05, 3.63) is 47.7 Å². The quantitative estimate of drug-likeness (QED) is 0.721. The summed E-state index contributed by atoms with van der Waals surface area (Å²) in [5, 5.41) is 5.37. The third-order valence-electron chi connectivity index (χ3n) is 5.16. The number of aromatic nitrogens is 4. The number of methoxy groups -OCH3 is 1. The third-order valence-corrected chi connectivity index (χ3v) is 5.16. The molecular formula is C19H23N5O2. The molecular weight excluding hydrogens is 330 g/mol. The molecule has 26 heavy (non-hydrogen) atoms. The molecule has 0 saturated heterocycles. The Bertz CT molecular complexity index is 958. The highest BCUT2D eigenvalue weighted by atomic mass is 16.5. The summed E-state index contributed by atoms with van der Waals surface area (Å²) in [5.41, 5.74) is 2.63. The van der Waals surface area contributed by atoms with Crippen LogP contribution in [0.25, 0.3) is 10.9 Å². The Balaban J connectivity index is 1.64. The van der Waals surface area contributed by atoms with Gasteiger partial charge >= 0.3 is 0 Å². The van der Waals surface area contributed by atoms with E-state index < -0.39 is 0 Å². The molecule has 1 aromatic carbocycles. The first-order chi connectivity index (χ1) is 12.6. The lowest BCUT2D eigenvalue weighted by molar-refractivity contribution is 0.0630. The van der Waals surface area contributed by atoms with Crippen LogP contribution in [0.2, 0.25) is 0 Å². The Kier molecular flexibility index (Phi) is 4.24. The third kappa shape index (κ3) is 2.59. The maximum absolute atomic E-state index is 13.2. The predicted molar refractivity (Wildman–Crippen MR) is 98.0 cm³/mol. The average Bonchev–Trinajstić information content (AvgIpc) is 3.22. The van der Waals surface area contributed by atoms with Gasteiger partial charge in [0.15, 0.2) is 5.69 Å². The Morgan fingerprint density at radius 3 is 2.92 bits per heavy atom. The van der Waals surface area contributed by atoms with Crippen LogP contribution in [-0.4, -0.2) is 50.4 Å². The molecule has 0 bridgehead atoms. The molecule has 136 valence electrons. The van der Waals surface area contributed by atoms with E-state index in [-0.39, 0.29) is 11.9 Å². The van der Waals surface area contributed by atoms with Crippen LogP contribution >= 0.6 is 0 Å². The van der Waals surface area contributed by atoms with E-state index in [4.69, 9.17) is 4.74 Å². The number of para-hydroxylation sites is 1. The topological polar surface area (TPSA) is 65.2 Å². The lowest BCUT2D eigenvalue weighted by Gasteiger charge is -2.34. The highest BCUT2D eigenvalue weighted by Crippen LogP contribution is 2.28. The minimum Gasteiger partial charge on any atom is -0.384 e. The average molecular weight is 353 g/mol. The molecule has 0 saturated carbocycles. The summed E-state index contributed by atoms with van der Waals surface area (Å²) in [6.07, 6.45) is 2.73. The van der Waals surface area contributed by atoms with Gasteiger partial charge in [-0.1, -0.05) is 18.2 Å². The molecule has 0 radical (unpaired) electrons. The second-order valence-electron chi connectivity index (χ2n) is 6.67.